The maximum atomic E-state index is 11.7. The molecule has 1 saturated heterocycles. The van der Waals surface area contributed by atoms with Gasteiger partial charge in [0.15, 0.2) is 5.92 Å². The first-order chi connectivity index (χ1) is 8.15. The van der Waals surface area contributed by atoms with E-state index in [4.69, 9.17) is 0 Å². The maximum Gasteiger partial charge on any atom is 0.319 e. The molecular formula is C12H11NO4. The number of hydrogen-bond donors (Lipinski definition) is 1. The molecule has 0 aliphatic carbocycles. The number of imide groups is 1. The minimum absolute atomic E-state index is 0.461. The minimum atomic E-state index is -1.09. The largest absolute Gasteiger partial charge is 0.468 e. The fraction of sp³-hybridized carbons (Fsp3) is 0.250. The molecule has 5 nitrogen and oxygen atoms in total. The molecule has 2 unspecified atom stereocenters. The van der Waals surface area contributed by atoms with Crippen LogP contribution < -0.4 is 5.32 Å². The van der Waals surface area contributed by atoms with E-state index in [1.165, 1.54) is 7.11 Å². The predicted molar refractivity (Wildman–Crippen MR) is 57.8 cm³/mol. The summed E-state index contributed by atoms with van der Waals surface area (Å²) in [5.74, 6) is -3.64. The van der Waals surface area contributed by atoms with Crippen molar-refractivity contribution in [2.75, 3.05) is 7.11 Å². The number of hydrogen-bond acceptors (Lipinski definition) is 4. The monoisotopic (exact) mass is 233 g/mol. The summed E-state index contributed by atoms with van der Waals surface area (Å²) in [5, 5.41) is 2.15. The van der Waals surface area contributed by atoms with E-state index in [0.29, 0.717) is 5.56 Å². The topological polar surface area (TPSA) is 72.5 Å². The van der Waals surface area contributed by atoms with E-state index in [1.807, 2.05) is 0 Å². The molecule has 2 amide bonds. The highest BCUT2D eigenvalue weighted by Crippen LogP contribution is 2.30. The molecule has 1 aromatic rings. The highest BCUT2D eigenvalue weighted by molar-refractivity contribution is 6.15. The maximum absolute atomic E-state index is 11.7. The Labute approximate surface area is 97.8 Å². The normalized spacial score (nSPS) is 23.4. The van der Waals surface area contributed by atoms with Gasteiger partial charge in [0.25, 0.3) is 0 Å². The number of carbonyl (C=O) groups excluding carboxylic acids is 3. The molecule has 0 aromatic heterocycles. The highest BCUT2D eigenvalue weighted by atomic mass is 16.5. The Hall–Kier alpha value is -2.17. The van der Waals surface area contributed by atoms with E-state index < -0.39 is 29.6 Å². The van der Waals surface area contributed by atoms with Gasteiger partial charge >= 0.3 is 5.97 Å². The van der Waals surface area contributed by atoms with Gasteiger partial charge in [-0.1, -0.05) is 30.3 Å². The van der Waals surface area contributed by atoms with Crippen LogP contribution in [0.25, 0.3) is 0 Å². The zero-order chi connectivity index (χ0) is 12.4. The van der Waals surface area contributed by atoms with Gasteiger partial charge in [0, 0.05) is 0 Å². The fourth-order valence-corrected chi connectivity index (χ4v) is 1.95. The summed E-state index contributed by atoms with van der Waals surface area (Å²) >= 11 is 0. The number of ether oxygens (including phenoxy) is 1. The molecule has 0 saturated carbocycles. The lowest BCUT2D eigenvalue weighted by Crippen LogP contribution is -2.28. The van der Waals surface area contributed by atoms with Crippen LogP contribution in [0.5, 0.6) is 0 Å². The number of nitrogens with one attached hydrogen (secondary N) is 1. The first kappa shape index (κ1) is 11.3. The molecule has 1 aromatic carbocycles. The molecule has 0 bridgehead atoms. The number of esters is 1. The third-order valence-corrected chi connectivity index (χ3v) is 2.76. The van der Waals surface area contributed by atoms with Crippen molar-refractivity contribution in [1.82, 2.24) is 5.32 Å². The van der Waals surface area contributed by atoms with Crippen molar-refractivity contribution >= 4 is 17.8 Å². The van der Waals surface area contributed by atoms with Crippen molar-refractivity contribution in [3.05, 3.63) is 35.9 Å². The summed E-state index contributed by atoms with van der Waals surface area (Å²) in [7, 11) is 1.19. The van der Waals surface area contributed by atoms with Crippen molar-refractivity contribution in [3.8, 4) is 0 Å². The van der Waals surface area contributed by atoms with Gasteiger partial charge in [0.2, 0.25) is 11.8 Å². The average Bonchev–Trinajstić information content (AvgIpc) is 2.64. The van der Waals surface area contributed by atoms with Gasteiger partial charge in [-0.25, -0.2) is 0 Å². The van der Waals surface area contributed by atoms with Crippen LogP contribution in [0.4, 0.5) is 0 Å². The number of methoxy groups -OCH3 is 1. The Kier molecular flexibility index (Phi) is 2.91. The second-order valence-electron chi connectivity index (χ2n) is 3.74. The Balaban J connectivity index is 2.39. The quantitative estimate of drug-likeness (QED) is 0.450. The fourth-order valence-electron chi connectivity index (χ4n) is 1.95. The SMILES string of the molecule is COC(=O)C1C(=O)NC(=O)C1c1ccccc1. The molecule has 2 rings (SSSR count). The highest BCUT2D eigenvalue weighted by Gasteiger charge is 2.47. The summed E-state index contributed by atoms with van der Waals surface area (Å²) in [6.07, 6.45) is 0. The number of carbonyl (C=O) groups is 3. The van der Waals surface area contributed by atoms with Crippen LogP contribution in [0.2, 0.25) is 0 Å². The molecule has 1 heterocycles. The molecular weight excluding hydrogens is 222 g/mol. The molecule has 0 radical (unpaired) electrons. The van der Waals surface area contributed by atoms with Gasteiger partial charge in [-0.2, -0.15) is 0 Å². The molecule has 88 valence electrons. The number of amides is 2. The first-order valence-electron chi connectivity index (χ1n) is 5.12. The molecule has 1 N–H and O–H groups in total. The Morgan fingerprint density at radius 1 is 1.18 bits per heavy atom. The second-order valence-corrected chi connectivity index (χ2v) is 3.74. The molecule has 2 atom stereocenters. The lowest BCUT2D eigenvalue weighted by Gasteiger charge is -2.13. The van der Waals surface area contributed by atoms with E-state index in [-0.39, 0.29) is 0 Å². The molecule has 1 fully saturated rings. The number of rotatable bonds is 2. The number of benzene rings is 1. The van der Waals surface area contributed by atoms with Crippen LogP contribution >= 0.6 is 0 Å². The second kappa shape index (κ2) is 4.37. The Bertz CT molecular complexity index is 469. The van der Waals surface area contributed by atoms with Crippen LogP contribution in [-0.4, -0.2) is 24.9 Å². The Morgan fingerprint density at radius 2 is 1.82 bits per heavy atom. The molecule has 5 heteroatoms. The summed E-state index contributed by atoms with van der Waals surface area (Å²) in [4.78, 5) is 34.7. The standard InChI is InChI=1S/C12H11NO4/c1-17-12(16)9-8(10(14)13-11(9)15)7-5-3-2-4-6-7/h2-6,8-9H,1H3,(H,13,14,15). The van der Waals surface area contributed by atoms with Crippen LogP contribution in [0.15, 0.2) is 30.3 Å². The van der Waals surface area contributed by atoms with Gasteiger partial charge in [0.1, 0.15) is 0 Å². The van der Waals surface area contributed by atoms with E-state index in [2.05, 4.69) is 10.1 Å². The summed E-state index contributed by atoms with van der Waals surface area (Å²) < 4.78 is 4.55. The van der Waals surface area contributed by atoms with Crippen LogP contribution in [-0.2, 0) is 19.1 Å². The molecule has 1 aliphatic heterocycles. The minimum Gasteiger partial charge on any atom is -0.468 e. The summed E-state index contributed by atoms with van der Waals surface area (Å²) in [6.45, 7) is 0. The molecule has 0 spiro atoms. The third-order valence-electron chi connectivity index (χ3n) is 2.76. The van der Waals surface area contributed by atoms with Crippen LogP contribution in [0.1, 0.15) is 11.5 Å². The van der Waals surface area contributed by atoms with Gasteiger partial charge in [0.05, 0.1) is 13.0 Å². The van der Waals surface area contributed by atoms with Crippen molar-refractivity contribution < 1.29 is 19.1 Å². The third kappa shape index (κ3) is 1.91. The Morgan fingerprint density at radius 3 is 2.41 bits per heavy atom. The zero-order valence-electron chi connectivity index (χ0n) is 9.17. The molecule has 1 aliphatic rings. The zero-order valence-corrected chi connectivity index (χ0v) is 9.17. The van der Waals surface area contributed by atoms with Crippen LogP contribution in [0.3, 0.4) is 0 Å². The van der Waals surface area contributed by atoms with Gasteiger partial charge in [-0.05, 0) is 5.56 Å². The van der Waals surface area contributed by atoms with Gasteiger partial charge in [-0.15, -0.1) is 0 Å². The van der Waals surface area contributed by atoms with E-state index >= 15 is 0 Å². The lowest BCUT2D eigenvalue weighted by molar-refractivity contribution is -0.149. The van der Waals surface area contributed by atoms with Crippen LogP contribution in [0, 0.1) is 5.92 Å². The summed E-state index contributed by atoms with van der Waals surface area (Å²) in [5.41, 5.74) is 0.631. The van der Waals surface area contributed by atoms with E-state index in [0.717, 1.165) is 0 Å². The van der Waals surface area contributed by atoms with Crippen molar-refractivity contribution in [3.63, 3.8) is 0 Å². The summed E-state index contributed by atoms with van der Waals surface area (Å²) in [6, 6.07) is 8.71. The van der Waals surface area contributed by atoms with Crippen molar-refractivity contribution in [2.24, 2.45) is 5.92 Å². The van der Waals surface area contributed by atoms with E-state index in [9.17, 15) is 14.4 Å². The average molecular weight is 233 g/mol. The predicted octanol–water partition coefficient (Wildman–Crippen LogP) is 0.216. The van der Waals surface area contributed by atoms with Crippen molar-refractivity contribution in [1.29, 1.82) is 0 Å². The van der Waals surface area contributed by atoms with E-state index in [1.54, 1.807) is 30.3 Å². The van der Waals surface area contributed by atoms with Gasteiger partial charge < -0.3 is 4.74 Å². The first-order valence-corrected chi connectivity index (χ1v) is 5.12. The lowest BCUT2D eigenvalue weighted by atomic mass is 9.88. The van der Waals surface area contributed by atoms with Crippen molar-refractivity contribution in [2.45, 2.75) is 5.92 Å². The smallest absolute Gasteiger partial charge is 0.319 e. The molecule has 17 heavy (non-hydrogen) atoms. The van der Waals surface area contributed by atoms with Gasteiger partial charge in [-0.3, -0.25) is 19.7 Å².